The van der Waals surface area contributed by atoms with Gasteiger partial charge >= 0.3 is 0 Å². The first kappa shape index (κ1) is 24.8. The molecule has 5 rings (SSSR count). The van der Waals surface area contributed by atoms with Crippen LogP contribution >= 0.6 is 11.6 Å². The van der Waals surface area contributed by atoms with Gasteiger partial charge in [-0.2, -0.15) is 5.10 Å². The molecule has 0 bridgehead atoms. The van der Waals surface area contributed by atoms with Crippen LogP contribution in [0.5, 0.6) is 0 Å². The molecule has 36 heavy (non-hydrogen) atoms. The van der Waals surface area contributed by atoms with Crippen molar-refractivity contribution in [1.82, 2.24) is 19.6 Å². The fraction of sp³-hybridized carbons (Fsp3) is 0.480. The maximum absolute atomic E-state index is 15.7. The van der Waals surface area contributed by atoms with Crippen LogP contribution in [0.15, 0.2) is 36.9 Å². The van der Waals surface area contributed by atoms with Crippen LogP contribution in [0.1, 0.15) is 35.9 Å². The zero-order valence-electron chi connectivity index (χ0n) is 19.6. The highest BCUT2D eigenvalue weighted by molar-refractivity contribution is 6.33. The number of nitrogens with zero attached hydrogens (tertiary/aromatic N) is 4. The summed E-state index contributed by atoms with van der Waals surface area (Å²) in [5.41, 5.74) is -0.915. The van der Waals surface area contributed by atoms with E-state index in [4.69, 9.17) is 11.6 Å². The second-order valence-electron chi connectivity index (χ2n) is 9.88. The van der Waals surface area contributed by atoms with Crippen molar-refractivity contribution >= 4 is 23.4 Å². The van der Waals surface area contributed by atoms with Gasteiger partial charge in [-0.05, 0) is 25.5 Å². The van der Waals surface area contributed by atoms with Crippen molar-refractivity contribution in [1.29, 1.82) is 0 Å². The lowest BCUT2D eigenvalue weighted by Gasteiger charge is -2.59. The van der Waals surface area contributed by atoms with E-state index in [0.29, 0.717) is 5.56 Å². The molecule has 0 N–H and O–H groups in total. The van der Waals surface area contributed by atoms with Gasteiger partial charge in [-0.3, -0.25) is 14.3 Å². The van der Waals surface area contributed by atoms with Gasteiger partial charge in [0, 0.05) is 48.7 Å². The monoisotopic (exact) mass is 524 g/mol. The van der Waals surface area contributed by atoms with E-state index in [9.17, 15) is 18.4 Å². The molecule has 1 aromatic carbocycles. The maximum Gasteiger partial charge on any atom is 0.276 e. The average molecular weight is 525 g/mol. The van der Waals surface area contributed by atoms with E-state index in [-0.39, 0.29) is 54.6 Å². The molecule has 3 aliphatic rings. The first-order valence-electron chi connectivity index (χ1n) is 11.7. The van der Waals surface area contributed by atoms with Gasteiger partial charge in [-0.15, -0.1) is 0 Å². The van der Waals surface area contributed by atoms with Gasteiger partial charge in [0.2, 0.25) is 5.91 Å². The number of fused-ring (bicyclic) bond motifs is 1. The topological polar surface area (TPSA) is 58.4 Å². The van der Waals surface area contributed by atoms with E-state index in [2.05, 4.69) is 11.7 Å². The number of hydrogen-bond donors (Lipinski definition) is 0. The Morgan fingerprint density at radius 1 is 1.14 bits per heavy atom. The van der Waals surface area contributed by atoms with E-state index >= 15 is 8.78 Å². The standard InChI is InChI=1S/C25H25ClF4N4O2/c1-3-19(35)32-13-23(14-32)8-10-33(15(2)25(23,29)30)22(36)21-20(16-6-4-5-7-17(16)26)18-12-24(27,28)9-11-34(18)31-21/h3-7,15H,1,8-14H2,2H3/t15-/m1/s1. The van der Waals surface area contributed by atoms with Crippen LogP contribution in [-0.4, -0.2) is 68.9 Å². The van der Waals surface area contributed by atoms with Crippen molar-refractivity contribution in [2.75, 3.05) is 19.6 Å². The Morgan fingerprint density at radius 2 is 1.83 bits per heavy atom. The minimum absolute atomic E-state index is 0.00985. The molecule has 0 unspecified atom stereocenters. The summed E-state index contributed by atoms with van der Waals surface area (Å²) in [6, 6.07) is 5.02. The quantitative estimate of drug-likeness (QED) is 0.433. The van der Waals surface area contributed by atoms with Crippen molar-refractivity contribution in [3.05, 3.63) is 53.3 Å². The minimum atomic E-state index is -3.28. The number of halogens is 5. The number of carbonyl (C=O) groups is 2. The number of aryl methyl sites for hydroxylation is 1. The molecule has 2 aromatic rings. The highest BCUT2D eigenvalue weighted by Gasteiger charge is 2.67. The zero-order valence-corrected chi connectivity index (χ0v) is 20.4. The van der Waals surface area contributed by atoms with Crippen LogP contribution < -0.4 is 0 Å². The molecular formula is C25H25ClF4N4O2. The molecule has 1 aromatic heterocycles. The lowest BCUT2D eigenvalue weighted by Crippen LogP contribution is -2.73. The van der Waals surface area contributed by atoms with Crippen LogP contribution in [0.2, 0.25) is 5.02 Å². The van der Waals surface area contributed by atoms with Gasteiger partial charge in [0.05, 0.1) is 23.6 Å². The molecule has 6 nitrogen and oxygen atoms in total. The Labute approximate surface area is 210 Å². The molecular weight excluding hydrogens is 500 g/mol. The van der Waals surface area contributed by atoms with E-state index in [1.54, 1.807) is 24.3 Å². The van der Waals surface area contributed by atoms with Crippen LogP contribution in [0.3, 0.4) is 0 Å². The third kappa shape index (κ3) is 3.64. The van der Waals surface area contributed by atoms with Crippen LogP contribution in [0, 0.1) is 5.41 Å². The van der Waals surface area contributed by atoms with Gasteiger partial charge in [0.15, 0.2) is 5.69 Å². The second-order valence-corrected chi connectivity index (χ2v) is 10.3. The number of piperidine rings is 1. The summed E-state index contributed by atoms with van der Waals surface area (Å²) in [6.07, 6.45) is 0.0190. The Morgan fingerprint density at radius 3 is 2.50 bits per heavy atom. The summed E-state index contributed by atoms with van der Waals surface area (Å²) in [7, 11) is 0. The Balaban J connectivity index is 1.51. The maximum atomic E-state index is 15.7. The number of hydrogen-bond acceptors (Lipinski definition) is 3. The number of likely N-dealkylation sites (tertiary alicyclic amines) is 2. The molecule has 0 radical (unpaired) electrons. The van der Waals surface area contributed by atoms with Gasteiger partial charge in [0.1, 0.15) is 0 Å². The number of alkyl halides is 4. The number of carbonyl (C=O) groups excluding carboxylic acids is 2. The Hall–Kier alpha value is -2.88. The number of rotatable bonds is 3. The summed E-state index contributed by atoms with van der Waals surface area (Å²) in [5, 5.41) is 4.58. The van der Waals surface area contributed by atoms with Crippen LogP contribution in [0.4, 0.5) is 17.6 Å². The van der Waals surface area contributed by atoms with Gasteiger partial charge in [-0.25, -0.2) is 17.6 Å². The van der Waals surface area contributed by atoms with E-state index in [1.807, 2.05) is 0 Å². The van der Waals surface area contributed by atoms with Crippen molar-refractivity contribution in [3.63, 3.8) is 0 Å². The summed E-state index contributed by atoms with van der Waals surface area (Å²) in [6.45, 7) is 4.36. The first-order chi connectivity index (χ1) is 16.9. The first-order valence-corrected chi connectivity index (χ1v) is 12.1. The molecule has 0 aliphatic carbocycles. The van der Waals surface area contributed by atoms with Gasteiger partial charge in [0.25, 0.3) is 17.8 Å². The van der Waals surface area contributed by atoms with Crippen LogP contribution in [0.25, 0.3) is 11.1 Å². The van der Waals surface area contributed by atoms with E-state index < -0.39 is 48.0 Å². The normalized spacial score (nSPS) is 23.7. The molecule has 3 aliphatic heterocycles. The summed E-state index contributed by atoms with van der Waals surface area (Å²) >= 11 is 6.37. The number of amides is 2. The minimum Gasteiger partial charge on any atom is -0.337 e. The van der Waals surface area contributed by atoms with E-state index in [1.165, 1.54) is 16.5 Å². The summed E-state index contributed by atoms with van der Waals surface area (Å²) in [4.78, 5) is 27.9. The third-order valence-corrected chi connectivity index (χ3v) is 8.11. The predicted octanol–water partition coefficient (Wildman–Crippen LogP) is 4.67. The second kappa shape index (κ2) is 8.33. The average Bonchev–Trinajstić information content (AvgIpc) is 3.16. The highest BCUT2D eigenvalue weighted by atomic mass is 35.5. The SMILES string of the molecule is C=CC(=O)N1CC2(CCN(C(=O)c3nn4c(c3-c3ccccc3Cl)CC(F)(F)CC4)[C@H](C)C2(F)F)C1. The fourth-order valence-corrected chi connectivity index (χ4v) is 5.88. The summed E-state index contributed by atoms with van der Waals surface area (Å²) in [5.74, 6) is -7.43. The molecule has 11 heteroatoms. The number of aromatic nitrogens is 2. The van der Waals surface area contributed by atoms with Crippen molar-refractivity contribution < 1.29 is 27.2 Å². The van der Waals surface area contributed by atoms with Crippen molar-refractivity contribution in [2.24, 2.45) is 5.41 Å². The Bertz CT molecular complexity index is 1250. The largest absolute Gasteiger partial charge is 0.337 e. The molecule has 2 amide bonds. The van der Waals surface area contributed by atoms with E-state index in [0.717, 1.165) is 11.0 Å². The molecule has 4 heterocycles. The van der Waals surface area contributed by atoms with Crippen molar-refractivity contribution in [3.8, 4) is 11.1 Å². The molecule has 192 valence electrons. The smallest absolute Gasteiger partial charge is 0.276 e. The molecule has 2 saturated heterocycles. The van der Waals surface area contributed by atoms with Gasteiger partial charge < -0.3 is 9.80 Å². The molecule has 0 saturated carbocycles. The highest BCUT2D eigenvalue weighted by Crippen LogP contribution is 2.53. The number of benzene rings is 1. The Kier molecular flexibility index (Phi) is 5.74. The van der Waals surface area contributed by atoms with Crippen molar-refractivity contribution in [2.45, 2.75) is 50.6 Å². The molecule has 2 fully saturated rings. The zero-order chi connectivity index (χ0) is 26.0. The third-order valence-electron chi connectivity index (χ3n) is 7.78. The summed E-state index contributed by atoms with van der Waals surface area (Å²) < 4.78 is 61.4. The fourth-order valence-electron chi connectivity index (χ4n) is 5.65. The molecule has 1 spiro atoms. The van der Waals surface area contributed by atoms with Gasteiger partial charge in [-0.1, -0.05) is 36.4 Å². The lowest BCUT2D eigenvalue weighted by molar-refractivity contribution is -0.237. The molecule has 1 atom stereocenters. The predicted molar refractivity (Wildman–Crippen MR) is 125 cm³/mol. The lowest BCUT2D eigenvalue weighted by atomic mass is 9.66. The van der Waals surface area contributed by atoms with Crippen LogP contribution in [-0.2, 0) is 17.8 Å².